The first-order valence-corrected chi connectivity index (χ1v) is 7.20. The Kier molecular flexibility index (Phi) is 1.96. The second kappa shape index (κ2) is 3.30. The summed E-state index contributed by atoms with van der Waals surface area (Å²) in [4.78, 5) is 8.57. The highest BCUT2D eigenvalue weighted by Crippen LogP contribution is 2.67. The lowest BCUT2D eigenvalue weighted by molar-refractivity contribution is 0.226. The molecule has 19 heavy (non-hydrogen) atoms. The van der Waals surface area contributed by atoms with Crippen LogP contribution in [-0.4, -0.2) is 9.97 Å². The molecule has 1 saturated carbocycles. The summed E-state index contributed by atoms with van der Waals surface area (Å²) in [5.41, 5.74) is 4.51. The topological polar surface area (TPSA) is 28.7 Å². The van der Waals surface area contributed by atoms with E-state index in [0.29, 0.717) is 11.3 Å². The predicted octanol–water partition coefficient (Wildman–Crippen LogP) is 4.25. The van der Waals surface area contributed by atoms with Gasteiger partial charge in [0.05, 0.1) is 5.69 Å². The van der Waals surface area contributed by atoms with Crippen LogP contribution in [0.15, 0.2) is 30.3 Å². The minimum absolute atomic E-state index is 0.247. The third-order valence-electron chi connectivity index (χ3n) is 5.88. The number of imidazole rings is 1. The van der Waals surface area contributed by atoms with Crippen molar-refractivity contribution in [3.63, 3.8) is 0 Å². The molecule has 98 valence electrons. The zero-order valence-electron chi connectivity index (χ0n) is 11.8. The van der Waals surface area contributed by atoms with Crippen molar-refractivity contribution < 1.29 is 0 Å². The summed E-state index contributed by atoms with van der Waals surface area (Å²) < 4.78 is 0. The SMILES string of the molecule is CC1(C)[C@@H]2CC[C@@]1(C)c1nc(-c3ccccc3)[nH]c12. The Bertz CT molecular complexity index is 639. The van der Waals surface area contributed by atoms with Crippen molar-refractivity contribution in [2.45, 2.75) is 44.9 Å². The molecular formula is C17H20N2. The van der Waals surface area contributed by atoms with Crippen LogP contribution in [0.25, 0.3) is 11.4 Å². The van der Waals surface area contributed by atoms with Gasteiger partial charge in [-0.15, -0.1) is 0 Å². The molecule has 2 nitrogen and oxygen atoms in total. The molecule has 0 spiro atoms. The molecule has 2 bridgehead atoms. The number of aromatic amines is 1. The molecule has 0 unspecified atom stereocenters. The number of fused-ring (bicyclic) bond motifs is 5. The fraction of sp³-hybridized carbons (Fsp3) is 0.471. The van der Waals surface area contributed by atoms with E-state index in [1.165, 1.54) is 29.8 Å². The van der Waals surface area contributed by atoms with Gasteiger partial charge in [-0.3, -0.25) is 0 Å². The average molecular weight is 252 g/mol. The van der Waals surface area contributed by atoms with E-state index in [9.17, 15) is 0 Å². The molecule has 0 radical (unpaired) electrons. The van der Waals surface area contributed by atoms with Crippen LogP contribution in [0.5, 0.6) is 0 Å². The lowest BCUT2D eigenvalue weighted by atomic mass is 9.70. The number of rotatable bonds is 1. The Labute approximate surface area is 114 Å². The number of hydrogen-bond donors (Lipinski definition) is 1. The minimum Gasteiger partial charge on any atom is -0.341 e. The second-order valence-corrected chi connectivity index (χ2v) is 6.86. The van der Waals surface area contributed by atoms with E-state index >= 15 is 0 Å². The maximum atomic E-state index is 4.96. The summed E-state index contributed by atoms with van der Waals surface area (Å²) in [7, 11) is 0. The van der Waals surface area contributed by atoms with Gasteiger partial charge in [0.2, 0.25) is 0 Å². The van der Waals surface area contributed by atoms with Gasteiger partial charge in [-0.05, 0) is 18.3 Å². The highest BCUT2D eigenvalue weighted by molar-refractivity contribution is 5.58. The van der Waals surface area contributed by atoms with Crippen molar-refractivity contribution in [1.29, 1.82) is 0 Å². The average Bonchev–Trinajstić information content (AvgIpc) is 2.97. The molecule has 1 heterocycles. The van der Waals surface area contributed by atoms with Gasteiger partial charge in [0.25, 0.3) is 0 Å². The van der Waals surface area contributed by atoms with E-state index in [-0.39, 0.29) is 5.41 Å². The zero-order chi connectivity index (χ0) is 13.3. The number of nitrogens with zero attached hydrogens (tertiary/aromatic N) is 1. The molecule has 2 aliphatic rings. The number of benzene rings is 1. The third-order valence-corrected chi connectivity index (χ3v) is 5.88. The van der Waals surface area contributed by atoms with E-state index in [2.05, 4.69) is 50.0 Å². The van der Waals surface area contributed by atoms with Gasteiger partial charge >= 0.3 is 0 Å². The van der Waals surface area contributed by atoms with Crippen molar-refractivity contribution in [1.82, 2.24) is 9.97 Å². The van der Waals surface area contributed by atoms with Crippen molar-refractivity contribution in [2.75, 3.05) is 0 Å². The molecule has 1 N–H and O–H groups in total. The smallest absolute Gasteiger partial charge is 0.137 e. The van der Waals surface area contributed by atoms with Gasteiger partial charge in [0.15, 0.2) is 0 Å². The van der Waals surface area contributed by atoms with Gasteiger partial charge in [-0.25, -0.2) is 4.98 Å². The van der Waals surface area contributed by atoms with Gasteiger partial charge in [0.1, 0.15) is 5.82 Å². The Hall–Kier alpha value is -1.57. The number of H-pyrrole nitrogens is 1. The molecule has 0 amide bonds. The van der Waals surface area contributed by atoms with Crippen molar-refractivity contribution in [3.8, 4) is 11.4 Å². The molecule has 2 heteroatoms. The molecule has 0 saturated heterocycles. The van der Waals surface area contributed by atoms with Crippen LogP contribution >= 0.6 is 0 Å². The quantitative estimate of drug-likeness (QED) is 0.807. The summed E-state index contributed by atoms with van der Waals surface area (Å²) in [6.45, 7) is 7.21. The van der Waals surface area contributed by atoms with E-state index in [0.717, 1.165) is 5.82 Å². The number of nitrogens with one attached hydrogen (secondary N) is 1. The van der Waals surface area contributed by atoms with Crippen LogP contribution in [0, 0.1) is 5.41 Å². The molecule has 2 aliphatic carbocycles. The van der Waals surface area contributed by atoms with E-state index in [4.69, 9.17) is 4.98 Å². The summed E-state index contributed by atoms with van der Waals surface area (Å²) in [6.07, 6.45) is 2.57. The Balaban J connectivity index is 1.88. The molecule has 2 aromatic rings. The standard InChI is InChI=1S/C17H20N2/c1-16(2)12-9-10-17(16,3)14-13(12)18-15(19-14)11-7-5-4-6-8-11/h4-8,12H,9-10H2,1-3H3,(H,18,19)/t12-,17+/m1/s1. The van der Waals surface area contributed by atoms with Crippen molar-refractivity contribution in [2.24, 2.45) is 5.41 Å². The van der Waals surface area contributed by atoms with Gasteiger partial charge < -0.3 is 4.98 Å². The minimum atomic E-state index is 0.247. The monoisotopic (exact) mass is 252 g/mol. The van der Waals surface area contributed by atoms with Crippen LogP contribution in [0.2, 0.25) is 0 Å². The molecule has 1 fully saturated rings. The van der Waals surface area contributed by atoms with Gasteiger partial charge in [-0.1, -0.05) is 51.1 Å². The second-order valence-electron chi connectivity index (χ2n) is 6.86. The van der Waals surface area contributed by atoms with Crippen molar-refractivity contribution in [3.05, 3.63) is 41.7 Å². The molecular weight excluding hydrogens is 232 g/mol. The largest absolute Gasteiger partial charge is 0.341 e. The van der Waals surface area contributed by atoms with Crippen molar-refractivity contribution >= 4 is 0 Å². The lowest BCUT2D eigenvalue weighted by Crippen LogP contribution is -2.31. The molecule has 0 aliphatic heterocycles. The van der Waals surface area contributed by atoms with E-state index in [1.54, 1.807) is 0 Å². The lowest BCUT2D eigenvalue weighted by Gasteiger charge is -2.34. The fourth-order valence-electron chi connectivity index (χ4n) is 4.22. The fourth-order valence-corrected chi connectivity index (χ4v) is 4.22. The summed E-state index contributed by atoms with van der Waals surface area (Å²) in [5.74, 6) is 1.69. The summed E-state index contributed by atoms with van der Waals surface area (Å²) in [5, 5.41) is 0. The zero-order valence-corrected chi connectivity index (χ0v) is 11.8. The normalized spacial score (nSPS) is 30.6. The Morgan fingerprint density at radius 1 is 1.16 bits per heavy atom. The summed E-state index contributed by atoms with van der Waals surface area (Å²) >= 11 is 0. The van der Waals surface area contributed by atoms with E-state index in [1.807, 2.05) is 6.07 Å². The van der Waals surface area contributed by atoms with Crippen LogP contribution in [0.1, 0.15) is 50.9 Å². The molecule has 4 rings (SSSR count). The third kappa shape index (κ3) is 1.20. The first-order valence-electron chi connectivity index (χ1n) is 7.20. The molecule has 1 aromatic carbocycles. The van der Waals surface area contributed by atoms with Crippen LogP contribution in [0.3, 0.4) is 0 Å². The van der Waals surface area contributed by atoms with Crippen LogP contribution < -0.4 is 0 Å². The maximum absolute atomic E-state index is 4.96. The Morgan fingerprint density at radius 3 is 2.58 bits per heavy atom. The van der Waals surface area contributed by atoms with Crippen LogP contribution in [-0.2, 0) is 5.41 Å². The summed E-state index contributed by atoms with van der Waals surface area (Å²) in [6, 6.07) is 10.5. The van der Waals surface area contributed by atoms with Crippen LogP contribution in [0.4, 0.5) is 0 Å². The highest BCUT2D eigenvalue weighted by Gasteiger charge is 2.61. The van der Waals surface area contributed by atoms with Gasteiger partial charge in [-0.2, -0.15) is 0 Å². The first kappa shape index (κ1) is 11.3. The molecule has 2 atom stereocenters. The number of aromatic nitrogens is 2. The number of hydrogen-bond acceptors (Lipinski definition) is 1. The highest BCUT2D eigenvalue weighted by atomic mass is 15.0. The van der Waals surface area contributed by atoms with E-state index < -0.39 is 0 Å². The Morgan fingerprint density at radius 2 is 1.89 bits per heavy atom. The molecule has 1 aromatic heterocycles. The van der Waals surface area contributed by atoms with Gasteiger partial charge in [0, 0.05) is 22.6 Å². The predicted molar refractivity (Wildman–Crippen MR) is 77.1 cm³/mol. The maximum Gasteiger partial charge on any atom is 0.137 e. The first-order chi connectivity index (χ1) is 9.04.